The fourth-order valence-corrected chi connectivity index (χ4v) is 9.56. The SMILES string of the molecule is N/C(C(=NP(c1ccccc1)c1ccccc1)c1ccccc1)=C(/N)N(c1cccc(-c2cccc(-c3ccccc3)c2)c1)c1cccc(-c2cccc(-c3ccccc3)c2)c1. The molecule has 62 heavy (non-hydrogen) atoms. The van der Waals surface area contributed by atoms with Gasteiger partial charge in [-0.05, 0) is 80.9 Å². The van der Waals surface area contributed by atoms with Gasteiger partial charge in [-0.2, -0.15) is 0 Å². The molecule has 9 rings (SSSR count). The van der Waals surface area contributed by atoms with Crippen LogP contribution in [0.4, 0.5) is 11.4 Å². The summed E-state index contributed by atoms with van der Waals surface area (Å²) in [6.07, 6.45) is 0. The van der Waals surface area contributed by atoms with Crippen LogP contribution in [0.15, 0.2) is 265 Å². The number of rotatable bonds is 12. The Hall–Kier alpha value is -7.78. The minimum atomic E-state index is -1.22. The second kappa shape index (κ2) is 18.6. The average Bonchev–Trinajstić information content (AvgIpc) is 3.36. The Bertz CT molecular complexity index is 2800. The van der Waals surface area contributed by atoms with E-state index in [-0.39, 0.29) is 0 Å². The fraction of sp³-hybridized carbons (Fsp3) is 0. The van der Waals surface area contributed by atoms with E-state index >= 15 is 0 Å². The summed E-state index contributed by atoms with van der Waals surface area (Å²) in [7, 11) is -1.22. The summed E-state index contributed by atoms with van der Waals surface area (Å²) in [4.78, 5) is 2.07. The molecule has 0 aliphatic heterocycles. The topological polar surface area (TPSA) is 67.6 Å². The van der Waals surface area contributed by atoms with Crippen molar-refractivity contribution < 1.29 is 0 Å². The molecule has 5 heteroatoms. The van der Waals surface area contributed by atoms with Gasteiger partial charge in [0.25, 0.3) is 0 Å². The summed E-state index contributed by atoms with van der Waals surface area (Å²) in [6, 6.07) is 86.2. The van der Waals surface area contributed by atoms with Gasteiger partial charge in [-0.1, -0.05) is 212 Å². The molecular weight excluding hydrogens is 772 g/mol. The van der Waals surface area contributed by atoms with E-state index in [1.165, 1.54) is 11.1 Å². The van der Waals surface area contributed by atoms with Crippen LogP contribution in [-0.2, 0) is 0 Å². The molecule has 0 fully saturated rings. The molecule has 4 nitrogen and oxygen atoms in total. The molecule has 0 spiro atoms. The summed E-state index contributed by atoms with van der Waals surface area (Å²) < 4.78 is 5.58. The van der Waals surface area contributed by atoms with Crippen LogP contribution in [0.5, 0.6) is 0 Å². The lowest BCUT2D eigenvalue weighted by molar-refractivity contribution is 1.09. The summed E-state index contributed by atoms with van der Waals surface area (Å²) in [5.41, 5.74) is 27.5. The van der Waals surface area contributed by atoms with Gasteiger partial charge in [-0.25, -0.2) is 4.76 Å². The van der Waals surface area contributed by atoms with E-state index in [1.54, 1.807) is 0 Å². The van der Waals surface area contributed by atoms with E-state index in [4.69, 9.17) is 16.2 Å². The zero-order valence-corrected chi connectivity index (χ0v) is 35.1. The normalized spacial score (nSPS) is 11.9. The predicted molar refractivity (Wildman–Crippen MR) is 264 cm³/mol. The van der Waals surface area contributed by atoms with Crippen LogP contribution in [0.3, 0.4) is 0 Å². The van der Waals surface area contributed by atoms with E-state index < -0.39 is 8.07 Å². The molecule has 0 radical (unpaired) electrons. The van der Waals surface area contributed by atoms with Crippen LogP contribution in [-0.4, -0.2) is 5.71 Å². The van der Waals surface area contributed by atoms with Crippen molar-refractivity contribution in [1.29, 1.82) is 0 Å². The van der Waals surface area contributed by atoms with Crippen LogP contribution in [0.2, 0.25) is 0 Å². The first-order chi connectivity index (χ1) is 30.6. The minimum Gasteiger partial charge on any atom is -0.394 e. The molecule has 0 bridgehead atoms. The van der Waals surface area contributed by atoms with Crippen LogP contribution >= 0.6 is 8.07 Å². The first-order valence-corrected chi connectivity index (χ1v) is 22.0. The van der Waals surface area contributed by atoms with Crippen LogP contribution < -0.4 is 27.0 Å². The van der Waals surface area contributed by atoms with Gasteiger partial charge in [0.2, 0.25) is 0 Å². The number of benzene rings is 9. The molecule has 0 saturated carbocycles. The predicted octanol–water partition coefficient (Wildman–Crippen LogP) is 13.1. The summed E-state index contributed by atoms with van der Waals surface area (Å²) in [5.74, 6) is 0.369. The van der Waals surface area contributed by atoms with Gasteiger partial charge in [0.15, 0.2) is 0 Å². The highest BCUT2D eigenvalue weighted by Gasteiger charge is 2.23. The van der Waals surface area contributed by atoms with Gasteiger partial charge in [-0.15, -0.1) is 0 Å². The van der Waals surface area contributed by atoms with Gasteiger partial charge in [0.05, 0.1) is 19.5 Å². The van der Waals surface area contributed by atoms with Gasteiger partial charge in [-0.3, -0.25) is 4.90 Å². The maximum Gasteiger partial charge on any atom is 0.134 e. The van der Waals surface area contributed by atoms with Gasteiger partial charge in [0, 0.05) is 27.5 Å². The summed E-state index contributed by atoms with van der Waals surface area (Å²) in [5, 5.41) is 2.22. The van der Waals surface area contributed by atoms with Crippen molar-refractivity contribution in [2.45, 2.75) is 0 Å². The van der Waals surface area contributed by atoms with E-state index in [0.717, 1.165) is 60.9 Å². The van der Waals surface area contributed by atoms with E-state index in [1.807, 2.05) is 54.6 Å². The standard InChI is InChI=1S/C57H45N4P/c58-55(56(44-24-10-3-11-25-44)60-62(53-34-12-4-13-35-53)54-36-14-5-15-37-54)57(59)61(51-32-18-30-49(40-51)47-28-16-26-45(38-47)42-20-6-1-7-21-42)52-33-19-31-50(41-52)48-29-17-27-46(39-48)43-22-8-2-9-23-43/h1-41H,58-59H2/b57-55-,60-56?. The first-order valence-electron chi connectivity index (χ1n) is 20.7. The molecule has 0 aliphatic rings. The van der Waals surface area contributed by atoms with Crippen LogP contribution in [0.25, 0.3) is 44.5 Å². The maximum atomic E-state index is 7.50. The molecule has 0 aliphatic carbocycles. The second-order valence-corrected chi connectivity index (χ2v) is 16.8. The van der Waals surface area contributed by atoms with Crippen molar-refractivity contribution in [3.05, 3.63) is 266 Å². The van der Waals surface area contributed by atoms with Crippen molar-refractivity contribution in [2.24, 2.45) is 16.2 Å². The highest BCUT2D eigenvalue weighted by molar-refractivity contribution is 7.72. The second-order valence-electron chi connectivity index (χ2n) is 14.9. The molecule has 9 aromatic rings. The highest BCUT2D eigenvalue weighted by atomic mass is 31.1. The molecule has 0 saturated heterocycles. The van der Waals surface area contributed by atoms with Gasteiger partial charge in [0.1, 0.15) is 5.82 Å². The Balaban J connectivity index is 1.22. The minimum absolute atomic E-state index is 0.369. The number of anilines is 2. The van der Waals surface area contributed by atoms with E-state index in [9.17, 15) is 0 Å². The summed E-state index contributed by atoms with van der Waals surface area (Å²) in [6.45, 7) is 0. The maximum absolute atomic E-state index is 7.50. The molecule has 4 N–H and O–H groups in total. The lowest BCUT2D eigenvalue weighted by Crippen LogP contribution is -2.30. The zero-order valence-electron chi connectivity index (χ0n) is 34.2. The van der Waals surface area contributed by atoms with Crippen LogP contribution in [0, 0.1) is 0 Å². The number of hydrogen-bond acceptors (Lipinski definition) is 4. The Morgan fingerprint density at radius 2 is 0.661 bits per heavy atom. The Morgan fingerprint density at radius 3 is 1.08 bits per heavy atom. The lowest BCUT2D eigenvalue weighted by Gasteiger charge is -2.28. The zero-order chi connectivity index (χ0) is 42.1. The molecule has 0 heterocycles. The molecule has 0 aromatic heterocycles. The number of nitrogens with two attached hydrogens (primary N) is 2. The molecule has 0 atom stereocenters. The number of nitrogens with zero attached hydrogens (tertiary/aromatic N) is 2. The van der Waals surface area contributed by atoms with Crippen molar-refractivity contribution in [3.63, 3.8) is 0 Å². The van der Waals surface area contributed by atoms with Crippen molar-refractivity contribution in [2.75, 3.05) is 4.90 Å². The molecule has 9 aromatic carbocycles. The van der Waals surface area contributed by atoms with Crippen molar-refractivity contribution in [1.82, 2.24) is 0 Å². The van der Waals surface area contributed by atoms with Gasteiger partial charge >= 0.3 is 0 Å². The molecule has 0 amide bonds. The van der Waals surface area contributed by atoms with E-state index in [2.05, 4.69) is 199 Å². The Morgan fingerprint density at radius 1 is 0.339 bits per heavy atom. The third kappa shape index (κ3) is 8.88. The fourth-order valence-electron chi connectivity index (χ4n) is 7.70. The summed E-state index contributed by atoms with van der Waals surface area (Å²) >= 11 is 0. The first kappa shape index (κ1) is 39.7. The van der Waals surface area contributed by atoms with Crippen LogP contribution in [0.1, 0.15) is 5.56 Å². The van der Waals surface area contributed by atoms with E-state index in [0.29, 0.717) is 17.2 Å². The highest BCUT2D eigenvalue weighted by Crippen LogP contribution is 2.39. The average molecular weight is 817 g/mol. The molecule has 0 unspecified atom stereocenters. The Labute approximate surface area is 365 Å². The monoisotopic (exact) mass is 816 g/mol. The Kier molecular flexibility index (Phi) is 11.9. The smallest absolute Gasteiger partial charge is 0.134 e. The largest absolute Gasteiger partial charge is 0.394 e. The third-order valence-electron chi connectivity index (χ3n) is 10.8. The third-order valence-corrected chi connectivity index (χ3v) is 12.8. The molecule has 298 valence electrons. The van der Waals surface area contributed by atoms with Crippen molar-refractivity contribution in [3.8, 4) is 44.5 Å². The lowest BCUT2D eigenvalue weighted by atomic mass is 9.98. The van der Waals surface area contributed by atoms with Gasteiger partial charge < -0.3 is 11.5 Å². The van der Waals surface area contributed by atoms with Crippen molar-refractivity contribution >= 4 is 35.8 Å². The number of allylic oxidation sites excluding steroid dienone is 1. The quantitative estimate of drug-likeness (QED) is 0.0953. The molecular formula is C57H45N4P. The number of hydrogen-bond donors (Lipinski definition) is 2.